The van der Waals surface area contributed by atoms with E-state index in [2.05, 4.69) is 20.7 Å². The highest BCUT2D eigenvalue weighted by Gasteiger charge is 2.11. The fourth-order valence-electron chi connectivity index (χ4n) is 0.831. The van der Waals surface area contributed by atoms with Crippen molar-refractivity contribution in [1.82, 2.24) is 0 Å². The van der Waals surface area contributed by atoms with Gasteiger partial charge in [0.15, 0.2) is 6.61 Å². The Morgan fingerprint density at radius 3 is 2.93 bits per heavy atom. The van der Waals surface area contributed by atoms with Gasteiger partial charge >= 0.3 is 5.97 Å². The van der Waals surface area contributed by atoms with Crippen LogP contribution >= 0.6 is 15.9 Å². The Morgan fingerprint density at radius 2 is 2.36 bits per heavy atom. The third-order valence-corrected chi connectivity index (χ3v) is 2.07. The summed E-state index contributed by atoms with van der Waals surface area (Å²) in [7, 11) is 0. The van der Waals surface area contributed by atoms with Gasteiger partial charge < -0.3 is 4.74 Å². The molecule has 0 saturated heterocycles. The predicted octanol–water partition coefficient (Wildman–Crippen LogP) is 2.27. The van der Waals surface area contributed by atoms with E-state index in [1.165, 1.54) is 6.07 Å². The van der Waals surface area contributed by atoms with Crippen LogP contribution in [0, 0.1) is 17.1 Å². The number of rotatable bonds is 2. The molecular formula is C9H5BrFNO2. The summed E-state index contributed by atoms with van der Waals surface area (Å²) in [6, 6.07) is 5.26. The molecule has 0 unspecified atom stereocenters. The monoisotopic (exact) mass is 257 g/mol. The molecule has 1 aromatic rings. The van der Waals surface area contributed by atoms with Crippen LogP contribution in [0.25, 0.3) is 0 Å². The van der Waals surface area contributed by atoms with Crippen LogP contribution in [0.2, 0.25) is 0 Å². The lowest BCUT2D eigenvalue weighted by atomic mass is 10.2. The Labute approximate surface area is 88.2 Å². The van der Waals surface area contributed by atoms with Gasteiger partial charge in [0.2, 0.25) is 0 Å². The Bertz CT molecular complexity index is 400. The van der Waals surface area contributed by atoms with E-state index in [-0.39, 0.29) is 12.2 Å². The molecule has 1 rings (SSSR count). The van der Waals surface area contributed by atoms with Crippen molar-refractivity contribution in [2.75, 3.05) is 6.61 Å². The minimum atomic E-state index is -0.654. The standard InChI is InChI=1S/C9H5BrFNO2/c10-8-5-6(11)1-2-7(8)9(13)14-4-3-12/h1-2,5H,4H2. The highest BCUT2D eigenvalue weighted by Crippen LogP contribution is 2.18. The third kappa shape index (κ3) is 2.54. The summed E-state index contributed by atoms with van der Waals surface area (Å²) in [4.78, 5) is 11.2. The number of benzene rings is 1. The van der Waals surface area contributed by atoms with Crippen LogP contribution in [0.5, 0.6) is 0 Å². The van der Waals surface area contributed by atoms with Crippen molar-refractivity contribution in [3.63, 3.8) is 0 Å². The number of nitrogens with zero attached hydrogens (tertiary/aromatic N) is 1. The maximum atomic E-state index is 12.6. The number of carbonyl (C=O) groups is 1. The summed E-state index contributed by atoms with van der Waals surface area (Å²) in [5, 5.41) is 8.18. The maximum absolute atomic E-state index is 12.6. The molecule has 0 aliphatic heterocycles. The number of hydrogen-bond acceptors (Lipinski definition) is 3. The Balaban J connectivity index is 2.86. The molecule has 0 aromatic heterocycles. The van der Waals surface area contributed by atoms with Crippen LogP contribution < -0.4 is 0 Å². The number of ether oxygens (including phenoxy) is 1. The smallest absolute Gasteiger partial charge is 0.340 e. The Hall–Kier alpha value is -1.41. The summed E-state index contributed by atoms with van der Waals surface area (Å²) in [6.07, 6.45) is 0. The second kappa shape index (κ2) is 4.72. The zero-order valence-electron chi connectivity index (χ0n) is 6.96. The molecule has 5 heteroatoms. The third-order valence-electron chi connectivity index (χ3n) is 1.42. The molecule has 72 valence electrons. The molecular weight excluding hydrogens is 253 g/mol. The maximum Gasteiger partial charge on any atom is 0.340 e. The van der Waals surface area contributed by atoms with E-state index in [4.69, 9.17) is 5.26 Å². The second-order valence-corrected chi connectivity index (χ2v) is 3.21. The van der Waals surface area contributed by atoms with Crippen molar-refractivity contribution >= 4 is 21.9 Å². The SMILES string of the molecule is N#CCOC(=O)c1ccc(F)cc1Br. The largest absolute Gasteiger partial charge is 0.447 e. The van der Waals surface area contributed by atoms with E-state index >= 15 is 0 Å². The molecule has 0 aliphatic rings. The second-order valence-electron chi connectivity index (χ2n) is 2.36. The van der Waals surface area contributed by atoms with E-state index in [0.717, 1.165) is 12.1 Å². The number of nitriles is 1. The van der Waals surface area contributed by atoms with Crippen molar-refractivity contribution in [2.24, 2.45) is 0 Å². The summed E-state index contributed by atoms with van der Waals surface area (Å²) in [5.74, 6) is -1.10. The van der Waals surface area contributed by atoms with Crippen molar-refractivity contribution in [2.45, 2.75) is 0 Å². The fourth-order valence-corrected chi connectivity index (χ4v) is 1.34. The van der Waals surface area contributed by atoms with Gasteiger partial charge in [-0.2, -0.15) is 5.26 Å². The van der Waals surface area contributed by atoms with Gasteiger partial charge in [-0.05, 0) is 34.1 Å². The zero-order valence-corrected chi connectivity index (χ0v) is 8.54. The highest BCUT2D eigenvalue weighted by molar-refractivity contribution is 9.10. The topological polar surface area (TPSA) is 50.1 Å². The number of carbonyl (C=O) groups excluding carboxylic acids is 1. The minimum Gasteiger partial charge on any atom is -0.447 e. The van der Waals surface area contributed by atoms with Gasteiger partial charge in [0.25, 0.3) is 0 Å². The Kier molecular flexibility index (Phi) is 3.60. The lowest BCUT2D eigenvalue weighted by Gasteiger charge is -2.02. The van der Waals surface area contributed by atoms with Crippen LogP contribution in [0.1, 0.15) is 10.4 Å². The molecule has 0 amide bonds. The summed E-state index contributed by atoms with van der Waals surface area (Å²) < 4.78 is 17.5. The molecule has 0 N–H and O–H groups in total. The number of hydrogen-bond donors (Lipinski definition) is 0. The van der Waals surface area contributed by atoms with Gasteiger partial charge in [0, 0.05) is 4.47 Å². The Morgan fingerprint density at radius 1 is 1.64 bits per heavy atom. The summed E-state index contributed by atoms with van der Waals surface area (Å²) in [5.41, 5.74) is 0.196. The number of halogens is 2. The quantitative estimate of drug-likeness (QED) is 0.764. The zero-order chi connectivity index (χ0) is 10.6. The van der Waals surface area contributed by atoms with Crippen molar-refractivity contribution in [3.8, 4) is 6.07 Å². The van der Waals surface area contributed by atoms with Crippen LogP contribution in [-0.2, 0) is 4.74 Å². The molecule has 14 heavy (non-hydrogen) atoms. The first kappa shape index (κ1) is 10.7. The van der Waals surface area contributed by atoms with Crippen LogP contribution in [0.15, 0.2) is 22.7 Å². The van der Waals surface area contributed by atoms with Crippen LogP contribution in [-0.4, -0.2) is 12.6 Å². The van der Waals surface area contributed by atoms with E-state index < -0.39 is 11.8 Å². The average molecular weight is 258 g/mol. The van der Waals surface area contributed by atoms with Gasteiger partial charge in [0.1, 0.15) is 11.9 Å². The van der Waals surface area contributed by atoms with E-state index in [9.17, 15) is 9.18 Å². The first-order valence-electron chi connectivity index (χ1n) is 3.64. The molecule has 0 radical (unpaired) electrons. The first-order chi connectivity index (χ1) is 6.65. The van der Waals surface area contributed by atoms with Gasteiger partial charge in [-0.25, -0.2) is 9.18 Å². The summed E-state index contributed by atoms with van der Waals surface area (Å²) in [6.45, 7) is -0.317. The molecule has 1 aromatic carbocycles. The van der Waals surface area contributed by atoms with Crippen molar-refractivity contribution in [3.05, 3.63) is 34.1 Å². The van der Waals surface area contributed by atoms with Crippen molar-refractivity contribution < 1.29 is 13.9 Å². The minimum absolute atomic E-state index is 0.196. The lowest BCUT2D eigenvalue weighted by molar-refractivity contribution is 0.0554. The van der Waals surface area contributed by atoms with E-state index in [1.807, 2.05) is 0 Å². The molecule has 3 nitrogen and oxygen atoms in total. The lowest BCUT2D eigenvalue weighted by Crippen LogP contribution is -2.06. The van der Waals surface area contributed by atoms with Crippen molar-refractivity contribution in [1.29, 1.82) is 5.26 Å². The molecule has 0 saturated carbocycles. The normalized spacial score (nSPS) is 9.21. The molecule has 0 heterocycles. The molecule has 0 aliphatic carbocycles. The van der Waals surface area contributed by atoms with Gasteiger partial charge in [-0.3, -0.25) is 0 Å². The molecule has 0 bridgehead atoms. The van der Waals surface area contributed by atoms with Gasteiger partial charge in [-0.15, -0.1) is 0 Å². The predicted molar refractivity (Wildman–Crippen MR) is 50.0 cm³/mol. The van der Waals surface area contributed by atoms with Gasteiger partial charge in [-0.1, -0.05) is 0 Å². The highest BCUT2D eigenvalue weighted by atomic mass is 79.9. The number of esters is 1. The van der Waals surface area contributed by atoms with Gasteiger partial charge in [0.05, 0.1) is 5.56 Å². The summed E-state index contributed by atoms with van der Waals surface area (Å²) >= 11 is 3.02. The molecule has 0 atom stereocenters. The molecule has 0 fully saturated rings. The van der Waals surface area contributed by atoms with E-state index in [1.54, 1.807) is 6.07 Å². The molecule has 0 spiro atoms. The van der Waals surface area contributed by atoms with Crippen LogP contribution in [0.4, 0.5) is 4.39 Å². The van der Waals surface area contributed by atoms with Crippen LogP contribution in [0.3, 0.4) is 0 Å². The fraction of sp³-hybridized carbons (Fsp3) is 0.111. The first-order valence-corrected chi connectivity index (χ1v) is 4.43. The van der Waals surface area contributed by atoms with E-state index in [0.29, 0.717) is 4.47 Å². The average Bonchev–Trinajstić information content (AvgIpc) is 2.14.